The normalized spacial score (nSPS) is 13.6. The van der Waals surface area contributed by atoms with Gasteiger partial charge in [-0.1, -0.05) is 0 Å². The van der Waals surface area contributed by atoms with Crippen LogP contribution in [0.3, 0.4) is 0 Å². The first kappa shape index (κ1) is 19.5. The van der Waals surface area contributed by atoms with Gasteiger partial charge in [-0.05, 0) is 24.1 Å². The average Bonchev–Trinajstić information content (AvgIpc) is 3.45. The number of hydrogen-bond donors (Lipinski definition) is 0. The van der Waals surface area contributed by atoms with Crippen molar-refractivity contribution in [1.29, 1.82) is 0 Å². The molecule has 0 aliphatic carbocycles. The van der Waals surface area contributed by atoms with Crippen molar-refractivity contribution in [2.45, 2.75) is 25.4 Å². The van der Waals surface area contributed by atoms with Gasteiger partial charge in [0, 0.05) is 49.0 Å². The molecule has 7 nitrogen and oxygen atoms in total. The molecule has 160 valence electrons. The zero-order valence-electron chi connectivity index (χ0n) is 16.3. The molecule has 0 N–H and O–H groups in total. The fourth-order valence-electron chi connectivity index (χ4n) is 3.96. The maximum Gasteiger partial charge on any atom is 0.435 e. The monoisotopic (exact) mass is 432 g/mol. The highest BCUT2D eigenvalue weighted by Crippen LogP contribution is 2.37. The van der Waals surface area contributed by atoms with Crippen molar-refractivity contribution in [3.05, 3.63) is 59.3 Å². The molecule has 4 aromatic rings. The average molecular weight is 432 g/mol. The van der Waals surface area contributed by atoms with Gasteiger partial charge in [0.15, 0.2) is 11.3 Å². The molecular weight excluding hydrogens is 416 g/mol. The van der Waals surface area contributed by atoms with E-state index in [1.165, 1.54) is 36.2 Å². The first-order valence-corrected chi connectivity index (χ1v) is 9.55. The molecule has 0 amide bonds. The first-order chi connectivity index (χ1) is 14.8. The smallest absolute Gasteiger partial charge is 0.435 e. The third-order valence-electron chi connectivity index (χ3n) is 5.34. The number of aryl methyl sites for hydroxylation is 2. The van der Waals surface area contributed by atoms with E-state index in [0.717, 1.165) is 10.2 Å². The van der Waals surface area contributed by atoms with E-state index in [0.29, 0.717) is 43.0 Å². The van der Waals surface area contributed by atoms with Gasteiger partial charge >= 0.3 is 6.18 Å². The van der Waals surface area contributed by atoms with Crippen molar-refractivity contribution in [2.75, 3.05) is 6.61 Å². The summed E-state index contributed by atoms with van der Waals surface area (Å²) in [7, 11) is 1.41. The molecule has 0 spiro atoms. The van der Waals surface area contributed by atoms with Gasteiger partial charge < -0.3 is 4.74 Å². The molecule has 11 heteroatoms. The van der Waals surface area contributed by atoms with E-state index in [1.54, 1.807) is 6.07 Å². The lowest BCUT2D eigenvalue weighted by Crippen LogP contribution is -2.09. The molecule has 0 unspecified atom stereocenters. The van der Waals surface area contributed by atoms with Gasteiger partial charge in [-0.25, -0.2) is 9.37 Å². The van der Waals surface area contributed by atoms with Crippen LogP contribution in [0.5, 0.6) is 5.75 Å². The summed E-state index contributed by atoms with van der Waals surface area (Å²) < 4.78 is 62.8. The Hall–Kier alpha value is -3.50. The van der Waals surface area contributed by atoms with E-state index in [9.17, 15) is 17.6 Å². The van der Waals surface area contributed by atoms with Crippen LogP contribution in [-0.4, -0.2) is 36.0 Å². The number of hydrogen-bond acceptors (Lipinski definition) is 5. The molecule has 4 heterocycles. The number of alkyl halides is 3. The lowest BCUT2D eigenvalue weighted by Gasteiger charge is -2.11. The maximum absolute atomic E-state index is 14.4. The summed E-state index contributed by atoms with van der Waals surface area (Å²) in [5, 5.41) is 11.4. The quantitative estimate of drug-likeness (QED) is 0.463. The van der Waals surface area contributed by atoms with Crippen molar-refractivity contribution in [3.63, 3.8) is 0 Å². The molecule has 0 saturated heterocycles. The molecule has 1 aliphatic rings. The summed E-state index contributed by atoms with van der Waals surface area (Å²) in [5.74, 6) is 0.883. The highest BCUT2D eigenvalue weighted by atomic mass is 19.4. The van der Waals surface area contributed by atoms with Crippen molar-refractivity contribution >= 4 is 5.65 Å². The van der Waals surface area contributed by atoms with E-state index in [-0.39, 0.29) is 22.6 Å². The second-order valence-corrected chi connectivity index (χ2v) is 7.28. The van der Waals surface area contributed by atoms with E-state index in [4.69, 9.17) is 4.74 Å². The standard InChI is InChI=1S/C20H16F4N6O/c1-29-9-14(18(28-29)20(22,23)24)13-8-25-17(30-10-26-27-19(13)30)5-2-11-12-6-7-31-16(12)4-3-15(11)21/h3-4,8-10H,2,5-7H2,1H3. The van der Waals surface area contributed by atoms with Gasteiger partial charge in [0.05, 0.1) is 6.61 Å². The van der Waals surface area contributed by atoms with Crippen LogP contribution < -0.4 is 4.74 Å². The molecule has 1 aromatic carbocycles. The maximum atomic E-state index is 14.4. The summed E-state index contributed by atoms with van der Waals surface area (Å²) in [6.07, 6.45) is 0.717. The summed E-state index contributed by atoms with van der Waals surface area (Å²) in [5.41, 5.74) is 0.662. The third-order valence-corrected chi connectivity index (χ3v) is 5.34. The lowest BCUT2D eigenvalue weighted by atomic mass is 10.00. The van der Waals surface area contributed by atoms with E-state index >= 15 is 0 Å². The molecular formula is C20H16F4N6O. The fraction of sp³-hybridized carbons (Fsp3) is 0.300. The number of halogens is 4. The highest BCUT2D eigenvalue weighted by molar-refractivity contribution is 5.78. The third kappa shape index (κ3) is 3.29. The minimum absolute atomic E-state index is 0.129. The molecule has 0 radical (unpaired) electrons. The summed E-state index contributed by atoms with van der Waals surface area (Å²) in [4.78, 5) is 4.35. The van der Waals surface area contributed by atoms with E-state index < -0.39 is 11.9 Å². The second-order valence-electron chi connectivity index (χ2n) is 7.28. The Kier molecular flexibility index (Phi) is 4.42. The summed E-state index contributed by atoms with van der Waals surface area (Å²) in [6, 6.07) is 3.00. The number of rotatable bonds is 4. The Bertz CT molecular complexity index is 1290. The number of fused-ring (bicyclic) bond motifs is 2. The van der Waals surface area contributed by atoms with Crippen molar-refractivity contribution in [3.8, 4) is 16.9 Å². The van der Waals surface area contributed by atoms with Gasteiger partial charge in [-0.3, -0.25) is 9.08 Å². The minimum atomic E-state index is -4.63. The van der Waals surface area contributed by atoms with Crippen molar-refractivity contribution in [2.24, 2.45) is 7.05 Å². The topological polar surface area (TPSA) is 70.1 Å². The zero-order chi connectivity index (χ0) is 21.8. The number of ether oxygens (including phenoxy) is 1. The van der Waals surface area contributed by atoms with Gasteiger partial charge in [0.25, 0.3) is 0 Å². The van der Waals surface area contributed by atoms with Gasteiger partial charge in [0.2, 0.25) is 0 Å². The van der Waals surface area contributed by atoms with E-state index in [2.05, 4.69) is 20.3 Å². The first-order valence-electron chi connectivity index (χ1n) is 9.55. The van der Waals surface area contributed by atoms with Crippen LogP contribution in [-0.2, 0) is 32.5 Å². The van der Waals surface area contributed by atoms with E-state index in [1.807, 2.05) is 0 Å². The molecule has 0 bridgehead atoms. The highest BCUT2D eigenvalue weighted by Gasteiger charge is 2.38. The Morgan fingerprint density at radius 2 is 2.00 bits per heavy atom. The lowest BCUT2D eigenvalue weighted by molar-refractivity contribution is -0.140. The Morgan fingerprint density at radius 3 is 2.81 bits per heavy atom. The Labute approximate surface area is 173 Å². The predicted molar refractivity (Wildman–Crippen MR) is 101 cm³/mol. The minimum Gasteiger partial charge on any atom is -0.493 e. The van der Waals surface area contributed by atoms with Crippen LogP contribution in [0.2, 0.25) is 0 Å². The molecule has 0 atom stereocenters. The molecule has 0 saturated carbocycles. The van der Waals surface area contributed by atoms with Crippen molar-refractivity contribution in [1.82, 2.24) is 29.4 Å². The summed E-state index contributed by atoms with van der Waals surface area (Å²) >= 11 is 0. The molecule has 0 fully saturated rings. The molecule has 1 aliphatic heterocycles. The van der Waals surface area contributed by atoms with Crippen LogP contribution in [0.4, 0.5) is 17.6 Å². The fourth-order valence-corrected chi connectivity index (χ4v) is 3.96. The predicted octanol–water partition coefficient (Wildman–Crippen LogP) is 3.40. The van der Waals surface area contributed by atoms with Crippen LogP contribution in [0.15, 0.2) is 30.9 Å². The van der Waals surface area contributed by atoms with Crippen LogP contribution in [0.25, 0.3) is 16.8 Å². The molecule has 5 rings (SSSR count). The number of benzene rings is 1. The van der Waals surface area contributed by atoms with Crippen LogP contribution in [0.1, 0.15) is 22.6 Å². The SMILES string of the molecule is Cn1cc(-c2cnc(CCc3c(F)ccc4c3CCO4)n3cnnc23)c(C(F)(F)F)n1. The summed E-state index contributed by atoms with van der Waals surface area (Å²) in [6.45, 7) is 0.515. The van der Waals surface area contributed by atoms with Crippen LogP contribution in [0, 0.1) is 5.82 Å². The molecule has 31 heavy (non-hydrogen) atoms. The van der Waals surface area contributed by atoms with Gasteiger partial charge in [0.1, 0.15) is 23.7 Å². The Balaban J connectivity index is 1.52. The number of aromatic nitrogens is 6. The van der Waals surface area contributed by atoms with Gasteiger partial charge in [-0.2, -0.15) is 18.3 Å². The largest absolute Gasteiger partial charge is 0.493 e. The molecule has 3 aromatic heterocycles. The Morgan fingerprint density at radius 1 is 1.16 bits per heavy atom. The number of nitrogens with zero attached hydrogens (tertiary/aromatic N) is 6. The van der Waals surface area contributed by atoms with Crippen LogP contribution >= 0.6 is 0 Å². The second kappa shape index (κ2) is 7.03. The van der Waals surface area contributed by atoms with Gasteiger partial charge in [-0.15, -0.1) is 10.2 Å². The zero-order valence-corrected chi connectivity index (χ0v) is 16.3. The van der Waals surface area contributed by atoms with Crippen molar-refractivity contribution < 1.29 is 22.3 Å².